The molecule has 0 aliphatic heterocycles. The Hall–Kier alpha value is -0.810. The predicted octanol–water partition coefficient (Wildman–Crippen LogP) is 2.77. The molecule has 0 aliphatic carbocycles. The average molecular weight is 225 g/mol. The number of alkyl halides is 3. The molecule has 1 unspecified atom stereocenters. The van der Waals surface area contributed by atoms with E-state index in [2.05, 4.69) is 4.98 Å². The van der Waals surface area contributed by atoms with E-state index in [1.807, 2.05) is 0 Å². The van der Waals surface area contributed by atoms with Crippen molar-refractivity contribution >= 4 is 11.6 Å². The van der Waals surface area contributed by atoms with E-state index in [9.17, 15) is 13.2 Å². The molecule has 78 valence electrons. The van der Waals surface area contributed by atoms with E-state index in [1.54, 1.807) is 6.92 Å². The van der Waals surface area contributed by atoms with Gasteiger partial charge in [-0.05, 0) is 13.0 Å². The fourth-order valence-electron chi connectivity index (χ4n) is 0.943. The van der Waals surface area contributed by atoms with Gasteiger partial charge in [0, 0.05) is 11.6 Å². The highest BCUT2D eigenvalue weighted by atomic mass is 35.5. The molecule has 0 aliphatic rings. The maximum Gasteiger partial charge on any atom is 0.433 e. The summed E-state index contributed by atoms with van der Waals surface area (Å²) < 4.78 is 36.4. The largest absolute Gasteiger partial charge is 0.433 e. The Morgan fingerprint density at radius 1 is 1.43 bits per heavy atom. The van der Waals surface area contributed by atoms with Gasteiger partial charge in [-0.25, -0.2) is 4.98 Å². The normalized spacial score (nSPS) is 14.1. The molecule has 0 spiro atoms. The lowest BCUT2D eigenvalue weighted by Gasteiger charge is -2.10. The summed E-state index contributed by atoms with van der Waals surface area (Å²) in [5, 5.41) is -0.199. The van der Waals surface area contributed by atoms with E-state index in [0.717, 1.165) is 6.07 Å². The van der Waals surface area contributed by atoms with Gasteiger partial charge in [0.15, 0.2) is 0 Å². The molecule has 1 heterocycles. The Morgan fingerprint density at radius 2 is 2.00 bits per heavy atom. The Morgan fingerprint density at radius 3 is 2.36 bits per heavy atom. The standard InChI is InChI=1S/C8H8ClF3N2/c1-4(13)5-2-3-6(8(10,11)12)14-7(5)9/h2-4H,13H2,1H3. The van der Waals surface area contributed by atoms with Crippen molar-refractivity contribution in [3.05, 3.63) is 28.5 Å². The maximum atomic E-state index is 12.1. The van der Waals surface area contributed by atoms with Gasteiger partial charge < -0.3 is 5.73 Å². The van der Waals surface area contributed by atoms with Gasteiger partial charge in [-0.2, -0.15) is 13.2 Å². The molecule has 1 rings (SSSR count). The van der Waals surface area contributed by atoms with Gasteiger partial charge in [-0.15, -0.1) is 0 Å². The van der Waals surface area contributed by atoms with Gasteiger partial charge in [-0.3, -0.25) is 0 Å². The topological polar surface area (TPSA) is 38.9 Å². The fourth-order valence-corrected chi connectivity index (χ4v) is 1.27. The Balaban J connectivity index is 3.13. The van der Waals surface area contributed by atoms with E-state index < -0.39 is 17.9 Å². The lowest BCUT2D eigenvalue weighted by atomic mass is 10.1. The molecule has 0 saturated heterocycles. The molecule has 0 radical (unpaired) electrons. The summed E-state index contributed by atoms with van der Waals surface area (Å²) in [4.78, 5) is 3.23. The Kier molecular flexibility index (Phi) is 3.01. The molecule has 2 nitrogen and oxygen atoms in total. The summed E-state index contributed by atoms with van der Waals surface area (Å²) in [7, 11) is 0. The van der Waals surface area contributed by atoms with Crippen molar-refractivity contribution < 1.29 is 13.2 Å². The van der Waals surface area contributed by atoms with Crippen molar-refractivity contribution in [3.63, 3.8) is 0 Å². The van der Waals surface area contributed by atoms with Crippen molar-refractivity contribution in [2.75, 3.05) is 0 Å². The van der Waals surface area contributed by atoms with E-state index in [4.69, 9.17) is 17.3 Å². The zero-order valence-electron chi connectivity index (χ0n) is 7.27. The first kappa shape index (κ1) is 11.3. The van der Waals surface area contributed by atoms with Crippen LogP contribution in [0.15, 0.2) is 12.1 Å². The van der Waals surface area contributed by atoms with Crippen LogP contribution in [0.25, 0.3) is 0 Å². The first-order valence-corrected chi connectivity index (χ1v) is 4.19. The third-order valence-electron chi connectivity index (χ3n) is 1.66. The van der Waals surface area contributed by atoms with Crippen LogP contribution in [0.1, 0.15) is 24.2 Å². The molecule has 0 bridgehead atoms. The van der Waals surface area contributed by atoms with Gasteiger partial charge in [0.05, 0.1) is 0 Å². The molecular formula is C8H8ClF3N2. The molecule has 1 atom stereocenters. The second-order valence-corrected chi connectivity index (χ2v) is 3.22. The fraction of sp³-hybridized carbons (Fsp3) is 0.375. The Labute approximate surface area is 83.9 Å². The SMILES string of the molecule is CC(N)c1ccc(C(F)(F)F)nc1Cl. The number of halogens is 4. The van der Waals surface area contributed by atoms with E-state index in [-0.39, 0.29) is 5.15 Å². The maximum absolute atomic E-state index is 12.1. The van der Waals surface area contributed by atoms with Gasteiger partial charge >= 0.3 is 6.18 Å². The van der Waals surface area contributed by atoms with Crippen molar-refractivity contribution in [3.8, 4) is 0 Å². The van der Waals surface area contributed by atoms with Crippen LogP contribution in [0.4, 0.5) is 13.2 Å². The van der Waals surface area contributed by atoms with Crippen molar-refractivity contribution in [1.29, 1.82) is 0 Å². The highest BCUT2D eigenvalue weighted by molar-refractivity contribution is 6.30. The number of pyridine rings is 1. The third-order valence-corrected chi connectivity index (χ3v) is 1.96. The number of hydrogen-bond acceptors (Lipinski definition) is 2. The van der Waals surface area contributed by atoms with E-state index in [0.29, 0.717) is 5.56 Å². The second kappa shape index (κ2) is 3.74. The first-order chi connectivity index (χ1) is 6.32. The van der Waals surface area contributed by atoms with Crippen LogP contribution in [0.2, 0.25) is 5.15 Å². The van der Waals surface area contributed by atoms with Gasteiger partial charge in [0.25, 0.3) is 0 Å². The summed E-state index contributed by atoms with van der Waals surface area (Å²) >= 11 is 5.54. The first-order valence-electron chi connectivity index (χ1n) is 3.81. The molecule has 6 heteroatoms. The predicted molar refractivity (Wildman–Crippen MR) is 46.9 cm³/mol. The summed E-state index contributed by atoms with van der Waals surface area (Å²) in [5.74, 6) is 0. The minimum atomic E-state index is -4.47. The van der Waals surface area contributed by atoms with E-state index >= 15 is 0 Å². The Bertz CT molecular complexity index is 336. The monoisotopic (exact) mass is 224 g/mol. The number of nitrogens with two attached hydrogens (primary N) is 1. The van der Waals surface area contributed by atoms with Crippen LogP contribution >= 0.6 is 11.6 Å². The number of nitrogens with zero attached hydrogens (tertiary/aromatic N) is 1. The molecular weight excluding hydrogens is 217 g/mol. The van der Waals surface area contributed by atoms with Crippen LogP contribution in [0, 0.1) is 0 Å². The number of rotatable bonds is 1. The molecule has 14 heavy (non-hydrogen) atoms. The molecule has 0 fully saturated rings. The minimum Gasteiger partial charge on any atom is -0.324 e. The molecule has 0 amide bonds. The van der Waals surface area contributed by atoms with Crippen molar-refractivity contribution in [2.45, 2.75) is 19.1 Å². The van der Waals surface area contributed by atoms with Crippen LogP contribution in [0.5, 0.6) is 0 Å². The van der Waals surface area contributed by atoms with Crippen LogP contribution in [-0.2, 0) is 6.18 Å². The minimum absolute atomic E-state index is 0.199. The highest BCUT2D eigenvalue weighted by Crippen LogP contribution is 2.30. The molecule has 1 aromatic heterocycles. The van der Waals surface area contributed by atoms with E-state index in [1.165, 1.54) is 6.07 Å². The molecule has 2 N–H and O–H groups in total. The quantitative estimate of drug-likeness (QED) is 0.745. The zero-order chi connectivity index (χ0) is 10.9. The van der Waals surface area contributed by atoms with Crippen LogP contribution < -0.4 is 5.73 Å². The third kappa shape index (κ3) is 2.36. The molecule has 0 aromatic carbocycles. The van der Waals surface area contributed by atoms with Crippen molar-refractivity contribution in [1.82, 2.24) is 4.98 Å². The lowest BCUT2D eigenvalue weighted by molar-refractivity contribution is -0.141. The van der Waals surface area contributed by atoms with Gasteiger partial charge in [0.2, 0.25) is 0 Å². The molecule has 0 saturated carbocycles. The van der Waals surface area contributed by atoms with Crippen molar-refractivity contribution in [2.24, 2.45) is 5.73 Å². The highest BCUT2D eigenvalue weighted by Gasteiger charge is 2.33. The summed E-state index contributed by atoms with van der Waals surface area (Å²) in [5.41, 5.74) is 4.86. The van der Waals surface area contributed by atoms with Crippen LogP contribution in [0.3, 0.4) is 0 Å². The lowest BCUT2D eigenvalue weighted by Crippen LogP contribution is -2.11. The average Bonchev–Trinajstić information content (AvgIpc) is 2.01. The number of hydrogen-bond donors (Lipinski definition) is 1. The number of aromatic nitrogens is 1. The summed E-state index contributed by atoms with van der Waals surface area (Å²) in [6.45, 7) is 1.62. The smallest absolute Gasteiger partial charge is 0.324 e. The molecule has 1 aromatic rings. The summed E-state index contributed by atoms with van der Waals surface area (Å²) in [6, 6.07) is 1.67. The van der Waals surface area contributed by atoms with Gasteiger partial charge in [0.1, 0.15) is 10.8 Å². The second-order valence-electron chi connectivity index (χ2n) is 2.86. The van der Waals surface area contributed by atoms with Crippen LogP contribution in [-0.4, -0.2) is 4.98 Å². The van der Waals surface area contributed by atoms with Gasteiger partial charge in [-0.1, -0.05) is 17.7 Å². The summed E-state index contributed by atoms with van der Waals surface area (Å²) in [6.07, 6.45) is -4.47. The zero-order valence-corrected chi connectivity index (χ0v) is 8.02.